The highest BCUT2D eigenvalue weighted by Crippen LogP contribution is 2.49. The summed E-state index contributed by atoms with van der Waals surface area (Å²) in [6.45, 7) is 0. The van der Waals surface area contributed by atoms with Gasteiger partial charge in [0.1, 0.15) is 15.8 Å². The third kappa shape index (κ3) is 3.32. The second-order valence-electron chi connectivity index (χ2n) is 7.88. The molecule has 0 spiro atoms. The van der Waals surface area contributed by atoms with Gasteiger partial charge in [-0.25, -0.2) is 4.79 Å². The number of carboxylic acids is 1. The van der Waals surface area contributed by atoms with E-state index in [4.69, 9.17) is 21.7 Å². The van der Waals surface area contributed by atoms with Gasteiger partial charge in [-0.1, -0.05) is 42.5 Å². The monoisotopic (exact) mass is 425 g/mol. The minimum atomic E-state index is -0.964. The van der Waals surface area contributed by atoms with E-state index in [0.717, 1.165) is 17.9 Å². The molecule has 5 nitrogen and oxygen atoms in total. The number of nitrogens with zero attached hydrogens (tertiary/aromatic N) is 1. The zero-order valence-corrected chi connectivity index (χ0v) is 17.2. The second kappa shape index (κ2) is 7.15. The minimum Gasteiger partial charge on any atom is -0.478 e. The number of amides is 1. The quantitative estimate of drug-likeness (QED) is 0.547. The van der Waals surface area contributed by atoms with Gasteiger partial charge < -0.3 is 9.52 Å². The van der Waals surface area contributed by atoms with E-state index in [1.807, 2.05) is 17.0 Å². The SMILES string of the molecule is O=C(O)c1ccc(-c2ccc(/C=C3\SC(=S)N(C4CC5CCC4C5)C3=O)o2)cc1. The van der Waals surface area contributed by atoms with Crippen LogP contribution in [0.4, 0.5) is 0 Å². The molecule has 2 saturated carbocycles. The van der Waals surface area contributed by atoms with Crippen LogP contribution in [0.3, 0.4) is 0 Å². The summed E-state index contributed by atoms with van der Waals surface area (Å²) in [5.74, 6) is 1.56. The van der Waals surface area contributed by atoms with Crippen LogP contribution in [0.1, 0.15) is 41.8 Å². The van der Waals surface area contributed by atoms with Gasteiger partial charge in [-0.15, -0.1) is 0 Å². The third-order valence-corrected chi connectivity index (χ3v) is 7.50. The molecule has 2 bridgehead atoms. The summed E-state index contributed by atoms with van der Waals surface area (Å²) in [5.41, 5.74) is 1.01. The summed E-state index contributed by atoms with van der Waals surface area (Å²) < 4.78 is 6.52. The summed E-state index contributed by atoms with van der Waals surface area (Å²) in [4.78, 5) is 26.4. The van der Waals surface area contributed by atoms with Crippen molar-refractivity contribution in [1.82, 2.24) is 4.90 Å². The molecule has 1 N–H and O–H groups in total. The van der Waals surface area contributed by atoms with Gasteiger partial charge in [0.15, 0.2) is 0 Å². The molecule has 1 aromatic carbocycles. The van der Waals surface area contributed by atoms with Crippen LogP contribution in [0.15, 0.2) is 45.7 Å². The lowest BCUT2D eigenvalue weighted by Gasteiger charge is -2.30. The van der Waals surface area contributed by atoms with Gasteiger partial charge in [0.05, 0.1) is 10.5 Å². The van der Waals surface area contributed by atoms with Crippen LogP contribution in [-0.2, 0) is 4.79 Å². The molecule has 3 fully saturated rings. The number of rotatable bonds is 4. The van der Waals surface area contributed by atoms with E-state index in [1.54, 1.807) is 30.3 Å². The normalized spacial score (nSPS) is 27.4. The van der Waals surface area contributed by atoms with Crippen molar-refractivity contribution in [3.8, 4) is 11.3 Å². The smallest absolute Gasteiger partial charge is 0.335 e. The highest BCUT2D eigenvalue weighted by atomic mass is 32.2. The maximum atomic E-state index is 13.0. The first-order valence-corrected chi connectivity index (χ1v) is 10.9. The van der Waals surface area contributed by atoms with Gasteiger partial charge in [0.2, 0.25) is 0 Å². The standard InChI is InChI=1S/C22H19NO4S2/c24-20-19(29-22(28)23(20)17-10-12-1-2-15(17)9-12)11-16-7-8-18(27-16)13-3-5-14(6-4-13)21(25)26/h3-8,11-12,15,17H,1-2,9-10H2,(H,25,26)/b19-11-. The fourth-order valence-electron chi connectivity index (χ4n) is 4.78. The molecule has 1 amide bonds. The Balaban J connectivity index is 1.35. The Bertz CT molecular complexity index is 1040. The van der Waals surface area contributed by atoms with Crippen LogP contribution in [0.5, 0.6) is 0 Å². The number of fused-ring (bicyclic) bond motifs is 2. The van der Waals surface area contributed by atoms with Crippen molar-refractivity contribution < 1.29 is 19.1 Å². The maximum Gasteiger partial charge on any atom is 0.335 e. The number of benzene rings is 1. The van der Waals surface area contributed by atoms with Crippen molar-refractivity contribution in [3.63, 3.8) is 0 Å². The van der Waals surface area contributed by atoms with Crippen molar-refractivity contribution in [2.45, 2.75) is 31.7 Å². The van der Waals surface area contributed by atoms with Crippen molar-refractivity contribution in [2.75, 3.05) is 0 Å². The molecule has 1 saturated heterocycles. The molecule has 7 heteroatoms. The number of hydrogen-bond acceptors (Lipinski definition) is 5. The van der Waals surface area contributed by atoms with Crippen LogP contribution >= 0.6 is 24.0 Å². The predicted molar refractivity (Wildman–Crippen MR) is 115 cm³/mol. The molecule has 29 heavy (non-hydrogen) atoms. The Morgan fingerprint density at radius 3 is 2.62 bits per heavy atom. The van der Waals surface area contributed by atoms with Gasteiger partial charge >= 0.3 is 5.97 Å². The minimum absolute atomic E-state index is 0.0127. The Morgan fingerprint density at radius 2 is 1.97 bits per heavy atom. The molecule has 2 heterocycles. The Hall–Kier alpha value is -2.38. The number of thioether (sulfide) groups is 1. The van der Waals surface area contributed by atoms with Crippen LogP contribution < -0.4 is 0 Å². The highest BCUT2D eigenvalue weighted by Gasteiger charge is 2.47. The second-order valence-corrected chi connectivity index (χ2v) is 9.55. The molecule has 3 atom stereocenters. The predicted octanol–water partition coefficient (Wildman–Crippen LogP) is 5.03. The van der Waals surface area contributed by atoms with Gasteiger partial charge in [-0.2, -0.15) is 0 Å². The van der Waals surface area contributed by atoms with Crippen LogP contribution in [-0.4, -0.2) is 32.2 Å². The number of carboxylic acid groups (broad SMARTS) is 1. The number of carbonyl (C=O) groups is 2. The first-order valence-electron chi connectivity index (χ1n) is 9.70. The molecule has 3 aliphatic rings. The summed E-state index contributed by atoms with van der Waals surface area (Å²) in [5, 5.41) is 9.01. The van der Waals surface area contributed by atoms with Gasteiger partial charge in [-0.05, 0) is 55.4 Å². The first kappa shape index (κ1) is 18.6. The number of thiocarbonyl (C=S) groups is 1. The van der Waals surface area contributed by atoms with Gasteiger partial charge in [-0.3, -0.25) is 9.69 Å². The van der Waals surface area contributed by atoms with Crippen molar-refractivity contribution in [2.24, 2.45) is 11.8 Å². The van der Waals surface area contributed by atoms with E-state index < -0.39 is 5.97 Å². The fourth-order valence-corrected chi connectivity index (χ4v) is 6.14. The molecule has 1 aliphatic heterocycles. The molecular weight excluding hydrogens is 406 g/mol. The van der Waals surface area contributed by atoms with Crippen molar-refractivity contribution in [1.29, 1.82) is 0 Å². The molecule has 2 aromatic rings. The van der Waals surface area contributed by atoms with Crippen LogP contribution in [0, 0.1) is 11.8 Å². The van der Waals surface area contributed by atoms with Crippen LogP contribution in [0.2, 0.25) is 0 Å². The van der Waals surface area contributed by atoms with Gasteiger partial charge in [0, 0.05) is 17.7 Å². The highest BCUT2D eigenvalue weighted by molar-refractivity contribution is 8.26. The number of furan rings is 1. The molecule has 0 radical (unpaired) electrons. The Morgan fingerprint density at radius 1 is 1.17 bits per heavy atom. The summed E-state index contributed by atoms with van der Waals surface area (Å²) in [6.07, 6.45) is 6.54. The molecule has 3 unspecified atom stereocenters. The largest absolute Gasteiger partial charge is 0.478 e. The topological polar surface area (TPSA) is 70.8 Å². The molecular formula is C22H19NO4S2. The molecule has 2 aliphatic carbocycles. The molecule has 1 aromatic heterocycles. The number of hydrogen-bond donors (Lipinski definition) is 1. The average molecular weight is 426 g/mol. The number of carbonyl (C=O) groups excluding carboxylic acids is 1. The maximum absolute atomic E-state index is 13.0. The fraction of sp³-hybridized carbons (Fsp3) is 0.318. The first-order chi connectivity index (χ1) is 14.0. The van der Waals surface area contributed by atoms with Crippen molar-refractivity contribution in [3.05, 3.63) is 52.6 Å². The Kier molecular flexibility index (Phi) is 4.59. The molecule has 5 rings (SSSR count). The van der Waals surface area contributed by atoms with E-state index in [-0.39, 0.29) is 17.5 Å². The lowest BCUT2D eigenvalue weighted by molar-refractivity contribution is -0.124. The molecule has 148 valence electrons. The third-order valence-electron chi connectivity index (χ3n) is 6.17. The van der Waals surface area contributed by atoms with E-state index in [2.05, 4.69) is 0 Å². The van der Waals surface area contributed by atoms with E-state index in [1.165, 1.54) is 31.0 Å². The summed E-state index contributed by atoms with van der Waals surface area (Å²) in [6, 6.07) is 10.4. The zero-order chi connectivity index (χ0) is 20.1. The van der Waals surface area contributed by atoms with Crippen molar-refractivity contribution >= 4 is 46.3 Å². The van der Waals surface area contributed by atoms with Gasteiger partial charge in [0.25, 0.3) is 5.91 Å². The van der Waals surface area contributed by atoms with E-state index in [0.29, 0.717) is 26.7 Å². The number of aromatic carboxylic acids is 1. The lowest BCUT2D eigenvalue weighted by atomic mass is 9.94. The zero-order valence-electron chi connectivity index (χ0n) is 15.5. The average Bonchev–Trinajstić information content (AvgIpc) is 3.48. The lowest BCUT2D eigenvalue weighted by Crippen LogP contribution is -2.41. The Labute approximate surface area is 177 Å². The van der Waals surface area contributed by atoms with E-state index in [9.17, 15) is 9.59 Å². The summed E-state index contributed by atoms with van der Waals surface area (Å²) >= 11 is 6.87. The van der Waals surface area contributed by atoms with E-state index >= 15 is 0 Å². The van der Waals surface area contributed by atoms with Crippen LogP contribution in [0.25, 0.3) is 17.4 Å². The summed E-state index contributed by atoms with van der Waals surface area (Å²) in [7, 11) is 0.